The van der Waals surface area contributed by atoms with Crippen molar-refractivity contribution in [2.24, 2.45) is 0 Å². The molecule has 2 N–H and O–H groups in total. The van der Waals surface area contributed by atoms with E-state index in [2.05, 4.69) is 25.9 Å². The Morgan fingerprint density at radius 3 is 2.35 bits per heavy atom. The highest BCUT2D eigenvalue weighted by atomic mass is 79.9. The minimum absolute atomic E-state index is 0.296. The summed E-state index contributed by atoms with van der Waals surface area (Å²) < 4.78 is 12.1. The molecule has 1 heterocycles. The first kappa shape index (κ1) is 14.6. The van der Waals surface area contributed by atoms with Crippen molar-refractivity contribution in [1.29, 1.82) is 0 Å². The van der Waals surface area contributed by atoms with Gasteiger partial charge in [0.15, 0.2) is 5.69 Å². The predicted octanol–water partition coefficient (Wildman–Crippen LogP) is 3.63. The van der Waals surface area contributed by atoms with E-state index in [9.17, 15) is 0 Å². The Kier molecular flexibility index (Phi) is 4.44. The first-order valence-electron chi connectivity index (χ1n) is 6.20. The van der Waals surface area contributed by atoms with Gasteiger partial charge in [0, 0.05) is 4.47 Å². The number of halogens is 1. The Labute approximate surface area is 126 Å². The van der Waals surface area contributed by atoms with Gasteiger partial charge in [0.05, 0.1) is 6.61 Å². The van der Waals surface area contributed by atoms with Crippen LogP contribution in [0.5, 0.6) is 17.5 Å². The Morgan fingerprint density at radius 2 is 1.75 bits per heavy atom. The molecule has 0 saturated carbocycles. The van der Waals surface area contributed by atoms with Gasteiger partial charge < -0.3 is 15.2 Å². The first-order valence-corrected chi connectivity index (χ1v) is 7.00. The van der Waals surface area contributed by atoms with Crippen LogP contribution in [0.1, 0.15) is 18.1 Å². The normalized spacial score (nSPS) is 10.4. The van der Waals surface area contributed by atoms with E-state index < -0.39 is 0 Å². The molecule has 5 nitrogen and oxygen atoms in total. The van der Waals surface area contributed by atoms with Crippen LogP contribution >= 0.6 is 15.9 Å². The minimum atomic E-state index is 0.296. The van der Waals surface area contributed by atoms with Crippen molar-refractivity contribution in [2.75, 3.05) is 12.3 Å². The maximum absolute atomic E-state index is 5.94. The molecular weight excluding hydrogens is 322 g/mol. The molecule has 0 radical (unpaired) electrons. The third-order valence-corrected chi connectivity index (χ3v) is 3.97. The minimum Gasteiger partial charge on any atom is -0.476 e. The standard InChI is InChI=1S/C14H16BrN3O2/c1-4-19-13-12(16)14(18-7-17-13)20-10-5-8(2)11(15)9(3)6-10/h5-7H,4,16H2,1-3H3. The van der Waals surface area contributed by atoms with Crippen LogP contribution in [0, 0.1) is 13.8 Å². The SMILES string of the molecule is CCOc1ncnc(Oc2cc(C)c(Br)c(C)c2)c1N. The van der Waals surface area contributed by atoms with E-state index in [0.29, 0.717) is 29.8 Å². The fourth-order valence-electron chi connectivity index (χ4n) is 1.77. The maximum Gasteiger partial charge on any atom is 0.249 e. The van der Waals surface area contributed by atoms with Crippen molar-refractivity contribution in [3.05, 3.63) is 34.1 Å². The molecule has 0 unspecified atom stereocenters. The van der Waals surface area contributed by atoms with E-state index in [0.717, 1.165) is 15.6 Å². The molecule has 0 bridgehead atoms. The number of nitrogen functional groups attached to an aromatic ring is 1. The van der Waals surface area contributed by atoms with Crippen LogP contribution in [0.2, 0.25) is 0 Å². The molecule has 0 aliphatic heterocycles. The number of hydrogen-bond donors (Lipinski definition) is 1. The molecule has 1 aromatic carbocycles. The highest BCUT2D eigenvalue weighted by Gasteiger charge is 2.12. The number of nitrogens with zero attached hydrogens (tertiary/aromatic N) is 2. The average Bonchev–Trinajstić information content (AvgIpc) is 2.41. The molecule has 0 amide bonds. The van der Waals surface area contributed by atoms with E-state index in [1.165, 1.54) is 6.33 Å². The lowest BCUT2D eigenvalue weighted by atomic mass is 10.1. The summed E-state index contributed by atoms with van der Waals surface area (Å²) in [7, 11) is 0. The van der Waals surface area contributed by atoms with Crippen LogP contribution in [0.3, 0.4) is 0 Å². The van der Waals surface area contributed by atoms with Crippen molar-refractivity contribution in [1.82, 2.24) is 9.97 Å². The molecule has 2 aromatic rings. The van der Waals surface area contributed by atoms with Gasteiger partial charge >= 0.3 is 0 Å². The lowest BCUT2D eigenvalue weighted by Gasteiger charge is -2.12. The van der Waals surface area contributed by atoms with Gasteiger partial charge in [-0.1, -0.05) is 15.9 Å². The first-order chi connectivity index (χ1) is 9.52. The van der Waals surface area contributed by atoms with E-state index >= 15 is 0 Å². The topological polar surface area (TPSA) is 70.3 Å². The summed E-state index contributed by atoms with van der Waals surface area (Å²) in [6, 6.07) is 3.83. The van der Waals surface area contributed by atoms with Crippen molar-refractivity contribution in [3.63, 3.8) is 0 Å². The second kappa shape index (κ2) is 6.09. The number of rotatable bonds is 4. The Morgan fingerprint density at radius 1 is 1.15 bits per heavy atom. The number of benzene rings is 1. The molecule has 0 saturated heterocycles. The maximum atomic E-state index is 5.94. The fraction of sp³-hybridized carbons (Fsp3) is 0.286. The predicted molar refractivity (Wildman–Crippen MR) is 81.3 cm³/mol. The van der Waals surface area contributed by atoms with Crippen LogP contribution < -0.4 is 15.2 Å². The summed E-state index contributed by atoms with van der Waals surface area (Å²) in [5.41, 5.74) is 8.40. The molecule has 0 atom stereocenters. The van der Waals surface area contributed by atoms with Gasteiger partial charge in [0.25, 0.3) is 0 Å². The van der Waals surface area contributed by atoms with E-state index in [-0.39, 0.29) is 0 Å². The fourth-order valence-corrected chi connectivity index (χ4v) is 2.00. The third kappa shape index (κ3) is 3.01. The number of anilines is 1. The van der Waals surface area contributed by atoms with Crippen molar-refractivity contribution < 1.29 is 9.47 Å². The highest BCUT2D eigenvalue weighted by Crippen LogP contribution is 2.33. The van der Waals surface area contributed by atoms with Crippen LogP contribution in [0.15, 0.2) is 22.9 Å². The highest BCUT2D eigenvalue weighted by molar-refractivity contribution is 9.10. The van der Waals surface area contributed by atoms with E-state index in [4.69, 9.17) is 15.2 Å². The zero-order valence-electron chi connectivity index (χ0n) is 11.6. The monoisotopic (exact) mass is 337 g/mol. The molecule has 0 aliphatic carbocycles. The summed E-state index contributed by atoms with van der Waals surface area (Å²) >= 11 is 3.52. The third-order valence-electron chi connectivity index (χ3n) is 2.72. The number of nitrogens with two attached hydrogens (primary N) is 1. The molecule has 0 spiro atoms. The van der Waals surface area contributed by atoms with Crippen molar-refractivity contribution in [2.45, 2.75) is 20.8 Å². The van der Waals surface area contributed by atoms with Crippen molar-refractivity contribution >= 4 is 21.6 Å². The molecule has 20 heavy (non-hydrogen) atoms. The van der Waals surface area contributed by atoms with Gasteiger partial charge in [0.2, 0.25) is 11.8 Å². The second-order valence-electron chi connectivity index (χ2n) is 4.30. The number of ether oxygens (including phenoxy) is 2. The van der Waals surface area contributed by atoms with Crippen LogP contribution in [0.4, 0.5) is 5.69 Å². The number of aromatic nitrogens is 2. The smallest absolute Gasteiger partial charge is 0.249 e. The van der Waals surface area contributed by atoms with Gasteiger partial charge in [0.1, 0.15) is 12.1 Å². The summed E-state index contributed by atoms with van der Waals surface area (Å²) in [5, 5.41) is 0. The molecule has 106 valence electrons. The van der Waals surface area contributed by atoms with E-state index in [1.807, 2.05) is 32.9 Å². The van der Waals surface area contributed by atoms with Crippen molar-refractivity contribution in [3.8, 4) is 17.5 Å². The van der Waals surface area contributed by atoms with Gasteiger partial charge in [-0.15, -0.1) is 0 Å². The Hall–Kier alpha value is -1.82. The van der Waals surface area contributed by atoms with Gasteiger partial charge in [-0.25, -0.2) is 0 Å². The molecular formula is C14H16BrN3O2. The van der Waals surface area contributed by atoms with E-state index in [1.54, 1.807) is 0 Å². The quantitative estimate of drug-likeness (QED) is 0.922. The summed E-state index contributed by atoms with van der Waals surface area (Å²) in [6.45, 7) is 6.35. The Balaban J connectivity index is 2.33. The second-order valence-corrected chi connectivity index (χ2v) is 5.10. The van der Waals surface area contributed by atoms with Gasteiger partial charge in [-0.3, -0.25) is 0 Å². The summed E-state index contributed by atoms with van der Waals surface area (Å²) in [4.78, 5) is 8.02. The zero-order valence-corrected chi connectivity index (χ0v) is 13.2. The van der Waals surface area contributed by atoms with Crippen LogP contribution in [0.25, 0.3) is 0 Å². The lowest BCUT2D eigenvalue weighted by Crippen LogP contribution is -2.03. The lowest BCUT2D eigenvalue weighted by molar-refractivity contribution is 0.325. The molecule has 1 aromatic heterocycles. The zero-order chi connectivity index (χ0) is 14.7. The largest absolute Gasteiger partial charge is 0.476 e. The molecule has 2 rings (SSSR count). The average molecular weight is 338 g/mol. The van der Waals surface area contributed by atoms with Crippen LogP contribution in [-0.4, -0.2) is 16.6 Å². The molecule has 6 heteroatoms. The van der Waals surface area contributed by atoms with Crippen LogP contribution in [-0.2, 0) is 0 Å². The molecule has 0 aliphatic rings. The number of aryl methyl sites for hydroxylation is 2. The van der Waals surface area contributed by atoms with Gasteiger partial charge in [-0.2, -0.15) is 9.97 Å². The number of hydrogen-bond acceptors (Lipinski definition) is 5. The Bertz CT molecular complexity index is 609. The molecule has 0 fully saturated rings. The van der Waals surface area contributed by atoms with Gasteiger partial charge in [-0.05, 0) is 44.0 Å². The summed E-state index contributed by atoms with van der Waals surface area (Å²) in [5.74, 6) is 1.31. The summed E-state index contributed by atoms with van der Waals surface area (Å²) in [6.07, 6.45) is 1.37.